The lowest BCUT2D eigenvalue weighted by atomic mass is 9.95. The zero-order valence-electron chi connectivity index (χ0n) is 13.8. The summed E-state index contributed by atoms with van der Waals surface area (Å²) in [6.45, 7) is 5.25. The molecule has 0 aromatic heterocycles. The Bertz CT molecular complexity index is 643. The lowest BCUT2D eigenvalue weighted by molar-refractivity contribution is 0.299. The Morgan fingerprint density at radius 1 is 1.04 bits per heavy atom. The van der Waals surface area contributed by atoms with E-state index in [1.807, 2.05) is 43.3 Å². The molecule has 0 aliphatic heterocycles. The first-order chi connectivity index (χ1) is 11.2. The predicted molar refractivity (Wildman–Crippen MR) is 91.9 cm³/mol. The number of nitrogens with zero attached hydrogens (tertiary/aromatic N) is 1. The highest BCUT2D eigenvalue weighted by Crippen LogP contribution is 2.22. The van der Waals surface area contributed by atoms with Gasteiger partial charge in [-0.25, -0.2) is 0 Å². The van der Waals surface area contributed by atoms with Gasteiger partial charge in [0.15, 0.2) is 0 Å². The summed E-state index contributed by atoms with van der Waals surface area (Å²) >= 11 is 0. The van der Waals surface area contributed by atoms with Gasteiger partial charge in [-0.1, -0.05) is 35.9 Å². The van der Waals surface area contributed by atoms with E-state index in [0.29, 0.717) is 13.2 Å². The highest BCUT2D eigenvalue weighted by atomic mass is 16.5. The molecule has 1 unspecified atom stereocenters. The SMILES string of the molecule is CCOc1cccc(OCCCC(C#N)c2ccc(C)cc2)c1. The largest absolute Gasteiger partial charge is 0.494 e. The van der Waals surface area contributed by atoms with E-state index in [9.17, 15) is 5.26 Å². The quantitative estimate of drug-likeness (QED) is 0.654. The Morgan fingerprint density at radius 3 is 2.39 bits per heavy atom. The maximum Gasteiger partial charge on any atom is 0.122 e. The number of nitriles is 1. The number of benzene rings is 2. The van der Waals surface area contributed by atoms with Gasteiger partial charge in [0, 0.05) is 6.07 Å². The Balaban J connectivity index is 1.81. The van der Waals surface area contributed by atoms with Crippen LogP contribution in [-0.2, 0) is 0 Å². The summed E-state index contributed by atoms with van der Waals surface area (Å²) in [4.78, 5) is 0. The summed E-state index contributed by atoms with van der Waals surface area (Å²) in [6, 6.07) is 18.2. The van der Waals surface area contributed by atoms with Crippen molar-refractivity contribution in [2.24, 2.45) is 0 Å². The van der Waals surface area contributed by atoms with Crippen LogP contribution in [-0.4, -0.2) is 13.2 Å². The second-order valence-electron chi connectivity index (χ2n) is 5.49. The molecule has 0 saturated heterocycles. The monoisotopic (exact) mass is 309 g/mol. The maximum absolute atomic E-state index is 9.35. The van der Waals surface area contributed by atoms with Crippen molar-refractivity contribution in [2.45, 2.75) is 32.6 Å². The summed E-state index contributed by atoms with van der Waals surface area (Å²) < 4.78 is 11.2. The van der Waals surface area contributed by atoms with Crippen LogP contribution in [0.5, 0.6) is 11.5 Å². The van der Waals surface area contributed by atoms with Gasteiger partial charge in [0.25, 0.3) is 0 Å². The minimum Gasteiger partial charge on any atom is -0.494 e. The van der Waals surface area contributed by atoms with E-state index < -0.39 is 0 Å². The van der Waals surface area contributed by atoms with E-state index in [4.69, 9.17) is 9.47 Å². The fourth-order valence-corrected chi connectivity index (χ4v) is 2.40. The molecule has 0 fully saturated rings. The summed E-state index contributed by atoms with van der Waals surface area (Å²) in [5.41, 5.74) is 2.29. The summed E-state index contributed by atoms with van der Waals surface area (Å²) in [6.07, 6.45) is 1.63. The van der Waals surface area contributed by atoms with Gasteiger partial charge >= 0.3 is 0 Å². The smallest absolute Gasteiger partial charge is 0.122 e. The number of hydrogen-bond donors (Lipinski definition) is 0. The first-order valence-corrected chi connectivity index (χ1v) is 8.04. The van der Waals surface area contributed by atoms with Crippen LogP contribution < -0.4 is 9.47 Å². The summed E-state index contributed by atoms with van der Waals surface area (Å²) in [5.74, 6) is 1.55. The van der Waals surface area contributed by atoms with E-state index in [2.05, 4.69) is 25.1 Å². The molecule has 120 valence electrons. The number of aryl methyl sites for hydroxylation is 1. The van der Waals surface area contributed by atoms with E-state index in [1.165, 1.54) is 5.56 Å². The molecule has 0 amide bonds. The van der Waals surface area contributed by atoms with Crippen LogP contribution in [0.4, 0.5) is 0 Å². The molecule has 0 N–H and O–H groups in total. The van der Waals surface area contributed by atoms with Gasteiger partial charge in [0.2, 0.25) is 0 Å². The minimum atomic E-state index is -0.0750. The Labute approximate surface area is 138 Å². The second kappa shape index (κ2) is 8.85. The third-order valence-electron chi connectivity index (χ3n) is 3.66. The van der Waals surface area contributed by atoms with Crippen molar-refractivity contribution in [3.05, 3.63) is 59.7 Å². The van der Waals surface area contributed by atoms with Crippen molar-refractivity contribution in [1.82, 2.24) is 0 Å². The fourth-order valence-electron chi connectivity index (χ4n) is 2.40. The zero-order valence-corrected chi connectivity index (χ0v) is 13.8. The highest BCUT2D eigenvalue weighted by molar-refractivity contribution is 5.33. The summed E-state index contributed by atoms with van der Waals surface area (Å²) in [7, 11) is 0. The molecule has 0 aliphatic carbocycles. The van der Waals surface area contributed by atoms with Gasteiger partial charge in [-0.3, -0.25) is 0 Å². The molecule has 1 atom stereocenters. The molecule has 2 aromatic carbocycles. The van der Waals surface area contributed by atoms with E-state index in [0.717, 1.165) is 29.9 Å². The van der Waals surface area contributed by atoms with Gasteiger partial charge in [0.05, 0.1) is 25.2 Å². The lowest BCUT2D eigenvalue weighted by Gasteiger charge is -2.11. The molecule has 0 saturated carbocycles. The normalized spacial score (nSPS) is 11.5. The first kappa shape index (κ1) is 16.9. The molecular weight excluding hydrogens is 286 g/mol. The van der Waals surface area contributed by atoms with Gasteiger partial charge in [-0.15, -0.1) is 0 Å². The van der Waals surface area contributed by atoms with Gasteiger partial charge in [-0.2, -0.15) is 5.26 Å². The second-order valence-corrected chi connectivity index (χ2v) is 5.49. The molecule has 0 radical (unpaired) electrons. The first-order valence-electron chi connectivity index (χ1n) is 8.04. The van der Waals surface area contributed by atoms with Crippen molar-refractivity contribution in [3.63, 3.8) is 0 Å². The van der Waals surface area contributed by atoms with Crippen molar-refractivity contribution >= 4 is 0 Å². The number of ether oxygens (including phenoxy) is 2. The van der Waals surface area contributed by atoms with Crippen LogP contribution in [0.3, 0.4) is 0 Å². The van der Waals surface area contributed by atoms with E-state index in [-0.39, 0.29) is 5.92 Å². The summed E-state index contributed by atoms with van der Waals surface area (Å²) in [5, 5.41) is 9.35. The van der Waals surface area contributed by atoms with Crippen LogP contribution in [0.1, 0.15) is 36.8 Å². The molecule has 23 heavy (non-hydrogen) atoms. The van der Waals surface area contributed by atoms with Crippen molar-refractivity contribution in [1.29, 1.82) is 5.26 Å². The van der Waals surface area contributed by atoms with Gasteiger partial charge in [0.1, 0.15) is 11.5 Å². The third-order valence-corrected chi connectivity index (χ3v) is 3.66. The van der Waals surface area contributed by atoms with Crippen molar-refractivity contribution < 1.29 is 9.47 Å². The molecule has 3 nitrogen and oxygen atoms in total. The minimum absolute atomic E-state index is 0.0750. The van der Waals surface area contributed by atoms with Gasteiger partial charge in [-0.05, 0) is 44.4 Å². The Kier molecular flexibility index (Phi) is 6.50. The number of rotatable bonds is 8. The maximum atomic E-state index is 9.35. The highest BCUT2D eigenvalue weighted by Gasteiger charge is 2.10. The zero-order chi connectivity index (χ0) is 16.5. The molecule has 3 heteroatoms. The molecule has 0 aliphatic rings. The van der Waals surface area contributed by atoms with E-state index in [1.54, 1.807) is 0 Å². The molecule has 0 heterocycles. The Morgan fingerprint density at radius 2 is 1.74 bits per heavy atom. The number of hydrogen-bond acceptors (Lipinski definition) is 3. The molecule has 0 bridgehead atoms. The van der Waals surface area contributed by atoms with Crippen LogP contribution in [0, 0.1) is 18.3 Å². The van der Waals surface area contributed by atoms with Crippen LogP contribution >= 0.6 is 0 Å². The van der Waals surface area contributed by atoms with Crippen molar-refractivity contribution in [2.75, 3.05) is 13.2 Å². The lowest BCUT2D eigenvalue weighted by Crippen LogP contribution is -2.02. The van der Waals surface area contributed by atoms with E-state index >= 15 is 0 Å². The van der Waals surface area contributed by atoms with Crippen molar-refractivity contribution in [3.8, 4) is 17.6 Å². The molecule has 0 spiro atoms. The van der Waals surface area contributed by atoms with Crippen LogP contribution in [0.25, 0.3) is 0 Å². The predicted octanol–water partition coefficient (Wildman–Crippen LogP) is 4.86. The molecule has 2 aromatic rings. The standard InChI is InChI=1S/C20H23NO2/c1-3-22-19-7-4-8-20(14-19)23-13-5-6-18(15-21)17-11-9-16(2)10-12-17/h4,7-12,14,18H,3,5-6,13H2,1-2H3. The molecule has 2 rings (SSSR count). The Hall–Kier alpha value is -2.47. The topological polar surface area (TPSA) is 42.2 Å². The van der Waals surface area contributed by atoms with Gasteiger partial charge < -0.3 is 9.47 Å². The van der Waals surface area contributed by atoms with Crippen LogP contribution in [0.15, 0.2) is 48.5 Å². The van der Waals surface area contributed by atoms with Crippen LogP contribution in [0.2, 0.25) is 0 Å². The average Bonchev–Trinajstić information content (AvgIpc) is 2.57. The third kappa shape index (κ3) is 5.34. The molecular formula is C20H23NO2. The average molecular weight is 309 g/mol. The fraction of sp³-hybridized carbons (Fsp3) is 0.350.